The summed E-state index contributed by atoms with van der Waals surface area (Å²) < 4.78 is 5.19. The molecule has 19 heavy (non-hydrogen) atoms. The first-order valence-corrected chi connectivity index (χ1v) is 5.65. The van der Waals surface area contributed by atoms with Crippen LogP contribution in [0.5, 0.6) is 0 Å². The van der Waals surface area contributed by atoms with Crippen LogP contribution in [0.1, 0.15) is 0 Å². The molecule has 0 aromatic rings. The smallest absolute Gasteiger partial charge is 0.249 e. The maximum Gasteiger partial charge on any atom is 0.249 e. The van der Waals surface area contributed by atoms with Crippen LogP contribution in [0.2, 0.25) is 0 Å². The number of ether oxygens (including phenoxy) is 1. The third-order valence-corrected chi connectivity index (χ3v) is 3.22. The summed E-state index contributed by atoms with van der Waals surface area (Å²) in [5, 5.41) is 33.3. The van der Waals surface area contributed by atoms with Crippen LogP contribution < -0.4 is 5.73 Å². The number of amides is 1. The lowest BCUT2D eigenvalue weighted by atomic mass is 9.99. The van der Waals surface area contributed by atoms with Gasteiger partial charge in [-0.05, 0) is 0 Å². The van der Waals surface area contributed by atoms with Gasteiger partial charge in [0.1, 0.15) is 30.1 Å². The average Bonchev–Trinajstić information content (AvgIpc) is 2.78. The van der Waals surface area contributed by atoms with Crippen LogP contribution in [0, 0.1) is 0 Å². The molecule has 0 aromatic heterocycles. The Hall–Kier alpha value is -1.55. The van der Waals surface area contributed by atoms with E-state index in [1.54, 1.807) is 0 Å². The molecule has 0 aliphatic carbocycles. The highest BCUT2D eigenvalue weighted by atomic mass is 16.6. The van der Waals surface area contributed by atoms with E-state index in [1.165, 1.54) is 7.05 Å². The third-order valence-electron chi connectivity index (χ3n) is 3.22. The molecule has 0 saturated carbocycles. The molecule has 0 spiro atoms. The Bertz CT molecular complexity index is 439. The van der Waals surface area contributed by atoms with Crippen LogP contribution >= 0.6 is 0 Å². The monoisotopic (exact) mass is 273 g/mol. The number of likely N-dealkylation sites (N-methyl/N-ethyl adjacent to an activating group) is 1. The minimum atomic E-state index is -1.40. The van der Waals surface area contributed by atoms with Crippen LogP contribution in [0.15, 0.2) is 5.10 Å². The molecule has 1 unspecified atom stereocenters. The Morgan fingerprint density at radius 3 is 2.53 bits per heavy atom. The fourth-order valence-electron chi connectivity index (χ4n) is 2.22. The van der Waals surface area contributed by atoms with Gasteiger partial charge < -0.3 is 25.8 Å². The quantitative estimate of drug-likeness (QED) is 0.385. The summed E-state index contributed by atoms with van der Waals surface area (Å²) in [6, 6.07) is -1.24. The molecule has 1 amide bonds. The van der Waals surface area contributed by atoms with Gasteiger partial charge in [0.05, 0.1) is 6.61 Å². The number of rotatable bonds is 3. The minimum Gasteiger partial charge on any atom is -0.394 e. The van der Waals surface area contributed by atoms with Gasteiger partial charge in [-0.1, -0.05) is 0 Å². The van der Waals surface area contributed by atoms with Crippen molar-refractivity contribution in [2.75, 3.05) is 13.7 Å². The zero-order valence-electron chi connectivity index (χ0n) is 10.1. The van der Waals surface area contributed by atoms with Crippen molar-refractivity contribution < 1.29 is 29.6 Å². The van der Waals surface area contributed by atoms with E-state index >= 15 is 0 Å². The average molecular weight is 273 g/mol. The molecule has 0 radical (unpaired) electrons. The number of Topliss-reactive ketones (excluding diaryl/α,β-unsaturated/α-hetero) is 1. The van der Waals surface area contributed by atoms with E-state index in [4.69, 9.17) is 15.6 Å². The molecule has 2 aliphatic rings. The van der Waals surface area contributed by atoms with E-state index < -0.39 is 48.8 Å². The molecule has 2 heterocycles. The molecular formula is C10H15N3O6. The molecule has 1 saturated heterocycles. The summed E-state index contributed by atoms with van der Waals surface area (Å²) in [5.74, 6) is -1.54. The Kier molecular flexibility index (Phi) is 3.54. The SMILES string of the molecule is CN1N=C([C@@H]2O[C@H](CO)[C@@H](O)[C@H]2O)C(=O)C1C(N)=O. The summed E-state index contributed by atoms with van der Waals surface area (Å²) >= 11 is 0. The first-order valence-electron chi connectivity index (χ1n) is 5.65. The number of hydrogen-bond acceptors (Lipinski definition) is 8. The van der Waals surface area contributed by atoms with Gasteiger partial charge in [0, 0.05) is 7.05 Å². The van der Waals surface area contributed by atoms with E-state index in [2.05, 4.69) is 5.10 Å². The van der Waals surface area contributed by atoms with E-state index in [9.17, 15) is 19.8 Å². The summed E-state index contributed by atoms with van der Waals surface area (Å²) in [7, 11) is 1.39. The standard InChI is InChI=1S/C10H15N3O6/c1-13-5(10(11)18)7(16)4(12-13)9-8(17)6(15)3(2-14)19-9/h3,5-6,8-9,14-15,17H,2H2,1H3,(H2,11,18)/t3-,5?,6-,8-,9+/m1/s1. The number of primary amides is 1. The van der Waals surface area contributed by atoms with Crippen molar-refractivity contribution in [2.45, 2.75) is 30.5 Å². The van der Waals surface area contributed by atoms with Crippen LogP contribution in [0.3, 0.4) is 0 Å². The summed E-state index contributed by atoms with van der Waals surface area (Å²) in [5.41, 5.74) is 4.90. The third kappa shape index (κ3) is 2.10. The van der Waals surface area contributed by atoms with Gasteiger partial charge in [-0.3, -0.25) is 14.6 Å². The predicted octanol–water partition coefficient (Wildman–Crippen LogP) is -3.81. The van der Waals surface area contributed by atoms with Crippen molar-refractivity contribution in [3.63, 3.8) is 0 Å². The Morgan fingerprint density at radius 1 is 1.47 bits per heavy atom. The maximum absolute atomic E-state index is 12.0. The largest absolute Gasteiger partial charge is 0.394 e. The van der Waals surface area contributed by atoms with Gasteiger partial charge in [-0.25, -0.2) is 0 Å². The lowest BCUT2D eigenvalue weighted by Gasteiger charge is -2.13. The molecular weight excluding hydrogens is 258 g/mol. The fourth-order valence-corrected chi connectivity index (χ4v) is 2.22. The summed E-state index contributed by atoms with van der Waals surface area (Å²) in [6.45, 7) is -0.509. The lowest BCUT2D eigenvalue weighted by molar-refractivity contribution is -0.128. The Balaban J connectivity index is 2.22. The highest BCUT2D eigenvalue weighted by Gasteiger charge is 2.50. The lowest BCUT2D eigenvalue weighted by Crippen LogP contribution is -2.46. The van der Waals surface area contributed by atoms with Crippen LogP contribution in [-0.4, -0.2) is 81.8 Å². The number of ketones is 1. The predicted molar refractivity (Wildman–Crippen MR) is 60.9 cm³/mol. The molecule has 9 nitrogen and oxygen atoms in total. The molecule has 5 N–H and O–H groups in total. The van der Waals surface area contributed by atoms with Gasteiger partial charge in [0.15, 0.2) is 6.04 Å². The van der Waals surface area contributed by atoms with Gasteiger partial charge in [-0.2, -0.15) is 5.10 Å². The Labute approximate surface area is 108 Å². The van der Waals surface area contributed by atoms with Crippen molar-refractivity contribution in [3.05, 3.63) is 0 Å². The van der Waals surface area contributed by atoms with Crippen molar-refractivity contribution in [1.29, 1.82) is 0 Å². The fraction of sp³-hybridized carbons (Fsp3) is 0.700. The second-order valence-corrected chi connectivity index (χ2v) is 4.49. The van der Waals surface area contributed by atoms with E-state index in [0.29, 0.717) is 0 Å². The van der Waals surface area contributed by atoms with Crippen LogP contribution in [0.4, 0.5) is 0 Å². The second-order valence-electron chi connectivity index (χ2n) is 4.49. The number of hydrogen-bond donors (Lipinski definition) is 4. The highest BCUT2D eigenvalue weighted by molar-refractivity contribution is 6.48. The highest BCUT2D eigenvalue weighted by Crippen LogP contribution is 2.25. The van der Waals surface area contributed by atoms with Crippen molar-refractivity contribution in [2.24, 2.45) is 10.8 Å². The number of hydrazone groups is 1. The molecule has 2 rings (SSSR count). The summed E-state index contributed by atoms with van der Waals surface area (Å²) in [4.78, 5) is 23.1. The molecule has 0 bridgehead atoms. The second kappa shape index (κ2) is 4.85. The minimum absolute atomic E-state index is 0.186. The normalized spacial score (nSPS) is 38.7. The molecule has 0 aromatic carbocycles. The van der Waals surface area contributed by atoms with Crippen LogP contribution in [0.25, 0.3) is 0 Å². The van der Waals surface area contributed by atoms with E-state index in [1.807, 2.05) is 0 Å². The number of nitrogens with zero attached hydrogens (tertiary/aromatic N) is 2. The van der Waals surface area contributed by atoms with Gasteiger partial charge in [0.2, 0.25) is 11.7 Å². The van der Waals surface area contributed by atoms with Crippen molar-refractivity contribution in [1.82, 2.24) is 5.01 Å². The molecule has 106 valence electrons. The summed E-state index contributed by atoms with van der Waals surface area (Å²) in [6.07, 6.45) is -4.93. The molecule has 5 atom stereocenters. The van der Waals surface area contributed by atoms with Gasteiger partial charge >= 0.3 is 0 Å². The van der Waals surface area contributed by atoms with E-state index in [-0.39, 0.29) is 5.71 Å². The number of aliphatic hydroxyl groups excluding tert-OH is 3. The molecule has 1 fully saturated rings. The van der Waals surface area contributed by atoms with E-state index in [0.717, 1.165) is 5.01 Å². The zero-order chi connectivity index (χ0) is 14.3. The van der Waals surface area contributed by atoms with Gasteiger partial charge in [-0.15, -0.1) is 0 Å². The number of carbonyl (C=O) groups excluding carboxylic acids is 2. The van der Waals surface area contributed by atoms with Crippen molar-refractivity contribution >= 4 is 17.4 Å². The molecule has 2 aliphatic heterocycles. The topological polar surface area (TPSA) is 146 Å². The van der Waals surface area contributed by atoms with Crippen LogP contribution in [-0.2, 0) is 14.3 Å². The number of nitrogens with two attached hydrogens (primary N) is 1. The first-order chi connectivity index (χ1) is 8.88. The number of aliphatic hydroxyl groups is 3. The molecule has 9 heteroatoms. The number of carbonyl (C=O) groups is 2. The van der Waals surface area contributed by atoms with Crippen molar-refractivity contribution in [3.8, 4) is 0 Å². The van der Waals surface area contributed by atoms with Gasteiger partial charge in [0.25, 0.3) is 0 Å². The maximum atomic E-state index is 12.0. The Morgan fingerprint density at radius 2 is 2.11 bits per heavy atom. The zero-order valence-corrected chi connectivity index (χ0v) is 10.1. The first kappa shape index (κ1) is 13.9.